The molecule has 2 amide bonds. The van der Waals surface area contributed by atoms with Crippen molar-refractivity contribution in [2.75, 3.05) is 40.9 Å². The van der Waals surface area contributed by atoms with Crippen LogP contribution in [0.5, 0.6) is 0 Å². The third kappa shape index (κ3) is 6.45. The summed E-state index contributed by atoms with van der Waals surface area (Å²) in [6, 6.07) is 6.30. The van der Waals surface area contributed by atoms with Gasteiger partial charge in [-0.05, 0) is 50.6 Å². The molecule has 10 nitrogen and oxygen atoms in total. The minimum atomic E-state index is -1.42. The number of aromatic amines is 1. The lowest BCUT2D eigenvalue weighted by atomic mass is 9.70. The molecule has 222 valence electrons. The van der Waals surface area contributed by atoms with Gasteiger partial charge in [0.05, 0.1) is 24.0 Å². The second kappa shape index (κ2) is 12.8. The molecule has 0 spiro atoms. The number of nitrogens with two attached hydrogens (primary N) is 1. The number of fused-ring (bicyclic) bond motifs is 2. The standard InChI is InChI=1S/C28H35ClN6O4S.ClH/c1-34-9-7-20-22(15-34)40-26(32-20)25(37)33-23-14-16(27(38)35(2)10-11-39-3)6-8-28(23,30)24(36)21-13-17-12-18(29)4-5-19(17)31-21;/h4-5,12-13,16,23,31H,6-11,14-15,30H2,1-3H3,(H,33,37);1H. The lowest BCUT2D eigenvalue weighted by Crippen LogP contribution is -2.66. The molecule has 3 heterocycles. The van der Waals surface area contributed by atoms with E-state index in [-0.39, 0.29) is 42.8 Å². The summed E-state index contributed by atoms with van der Waals surface area (Å²) in [6.07, 6.45) is 1.69. The third-order valence-electron chi connectivity index (χ3n) is 8.08. The number of ketones is 1. The number of nitrogens with zero attached hydrogens (tertiary/aromatic N) is 3. The average molecular weight is 624 g/mol. The summed E-state index contributed by atoms with van der Waals surface area (Å²) in [6.45, 7) is 2.50. The van der Waals surface area contributed by atoms with E-state index in [0.717, 1.165) is 41.0 Å². The fourth-order valence-corrected chi connectivity index (χ4v) is 6.92. The summed E-state index contributed by atoms with van der Waals surface area (Å²) in [7, 11) is 5.36. The number of rotatable bonds is 8. The maximum absolute atomic E-state index is 14.0. The number of Topliss-reactive ketones (excluding diaryl/α,β-unsaturated/α-hetero) is 1. The number of hydrogen-bond donors (Lipinski definition) is 3. The predicted molar refractivity (Wildman–Crippen MR) is 162 cm³/mol. The number of nitrogens with one attached hydrogen (secondary N) is 2. The zero-order valence-electron chi connectivity index (χ0n) is 23.4. The lowest BCUT2D eigenvalue weighted by Gasteiger charge is -2.43. The number of benzene rings is 1. The molecule has 3 unspecified atom stereocenters. The Balaban J connectivity index is 0.00000387. The lowest BCUT2D eigenvalue weighted by molar-refractivity contribution is -0.136. The molecule has 1 aliphatic carbocycles. The molecule has 4 N–H and O–H groups in total. The van der Waals surface area contributed by atoms with E-state index in [0.29, 0.717) is 35.3 Å². The Hall–Kier alpha value is -2.54. The van der Waals surface area contributed by atoms with E-state index in [9.17, 15) is 14.4 Å². The number of likely N-dealkylation sites (N-methyl/N-ethyl adjacent to an activating group) is 2. The van der Waals surface area contributed by atoms with Crippen molar-refractivity contribution in [1.29, 1.82) is 0 Å². The first-order valence-electron chi connectivity index (χ1n) is 13.4. The summed E-state index contributed by atoms with van der Waals surface area (Å²) >= 11 is 7.52. The predicted octanol–water partition coefficient (Wildman–Crippen LogP) is 3.27. The molecule has 1 aromatic carbocycles. The van der Waals surface area contributed by atoms with Gasteiger partial charge < -0.3 is 30.6 Å². The van der Waals surface area contributed by atoms with Crippen LogP contribution < -0.4 is 11.1 Å². The quantitative estimate of drug-likeness (QED) is 0.328. The number of carbonyl (C=O) groups excluding carboxylic acids is 3. The minimum absolute atomic E-state index is 0. The van der Waals surface area contributed by atoms with E-state index in [1.807, 2.05) is 13.1 Å². The van der Waals surface area contributed by atoms with Crippen molar-refractivity contribution in [3.63, 3.8) is 0 Å². The van der Waals surface area contributed by atoms with Gasteiger partial charge in [0.25, 0.3) is 5.91 Å². The Morgan fingerprint density at radius 2 is 2.12 bits per heavy atom. The second-order valence-electron chi connectivity index (χ2n) is 10.9. The first-order chi connectivity index (χ1) is 19.1. The highest BCUT2D eigenvalue weighted by Gasteiger charge is 2.49. The summed E-state index contributed by atoms with van der Waals surface area (Å²) in [4.78, 5) is 53.4. The van der Waals surface area contributed by atoms with Gasteiger partial charge in [0.15, 0.2) is 5.01 Å². The van der Waals surface area contributed by atoms with Crippen LogP contribution in [0, 0.1) is 5.92 Å². The second-order valence-corrected chi connectivity index (χ2v) is 12.4. The van der Waals surface area contributed by atoms with E-state index in [1.54, 1.807) is 37.3 Å². The van der Waals surface area contributed by atoms with E-state index in [1.165, 1.54) is 11.3 Å². The Labute approximate surface area is 254 Å². The molecule has 1 saturated carbocycles. The molecule has 0 radical (unpaired) electrons. The van der Waals surface area contributed by atoms with E-state index in [2.05, 4.69) is 20.2 Å². The molecule has 5 rings (SSSR count). The SMILES string of the molecule is COCCN(C)C(=O)C1CCC(N)(C(=O)c2cc3cc(Cl)ccc3[nH]2)C(NC(=O)c2nc3c(s2)CN(C)CC3)C1.Cl. The number of H-pyrrole nitrogens is 1. The summed E-state index contributed by atoms with van der Waals surface area (Å²) < 4.78 is 5.12. The van der Waals surface area contributed by atoms with Crippen LogP contribution in [0.25, 0.3) is 10.9 Å². The largest absolute Gasteiger partial charge is 0.383 e. The number of halogens is 2. The van der Waals surface area contributed by atoms with E-state index in [4.69, 9.17) is 22.1 Å². The van der Waals surface area contributed by atoms with Crippen LogP contribution in [-0.2, 0) is 22.5 Å². The number of ether oxygens (including phenoxy) is 1. The van der Waals surface area contributed by atoms with Crippen molar-refractivity contribution in [2.45, 2.75) is 43.8 Å². The molecule has 3 atom stereocenters. The molecule has 0 saturated heterocycles. The van der Waals surface area contributed by atoms with Gasteiger partial charge in [-0.3, -0.25) is 14.4 Å². The van der Waals surface area contributed by atoms with Crippen molar-refractivity contribution in [1.82, 2.24) is 25.1 Å². The molecule has 2 aliphatic rings. The molecular weight excluding hydrogens is 587 g/mol. The molecule has 41 heavy (non-hydrogen) atoms. The summed E-state index contributed by atoms with van der Waals surface area (Å²) in [5.41, 5.74) is 7.54. The monoisotopic (exact) mass is 622 g/mol. The maximum Gasteiger partial charge on any atom is 0.280 e. The molecule has 13 heteroatoms. The Morgan fingerprint density at radius 3 is 2.88 bits per heavy atom. The van der Waals surface area contributed by atoms with Gasteiger partial charge in [-0.2, -0.15) is 0 Å². The van der Waals surface area contributed by atoms with Crippen molar-refractivity contribution in [2.24, 2.45) is 11.7 Å². The molecule has 1 fully saturated rings. The zero-order valence-corrected chi connectivity index (χ0v) is 25.8. The number of thiazole rings is 1. The van der Waals surface area contributed by atoms with E-state index >= 15 is 0 Å². The van der Waals surface area contributed by atoms with Crippen LogP contribution in [0.15, 0.2) is 24.3 Å². The Morgan fingerprint density at radius 1 is 1.34 bits per heavy atom. The van der Waals surface area contributed by atoms with Crippen molar-refractivity contribution in [3.8, 4) is 0 Å². The van der Waals surface area contributed by atoms with Gasteiger partial charge in [0.1, 0.15) is 5.54 Å². The molecule has 1 aliphatic heterocycles. The van der Waals surface area contributed by atoms with Crippen molar-refractivity contribution >= 4 is 63.8 Å². The Kier molecular flexibility index (Phi) is 9.77. The number of aromatic nitrogens is 2. The fraction of sp³-hybridized carbons (Fsp3) is 0.500. The molecule has 2 aromatic heterocycles. The van der Waals surface area contributed by atoms with Gasteiger partial charge in [-0.15, -0.1) is 23.7 Å². The summed E-state index contributed by atoms with van der Waals surface area (Å²) in [5, 5.41) is 4.73. The van der Waals surface area contributed by atoms with Gasteiger partial charge in [-0.1, -0.05) is 11.6 Å². The van der Waals surface area contributed by atoms with Crippen LogP contribution >= 0.6 is 35.3 Å². The van der Waals surface area contributed by atoms with Gasteiger partial charge in [-0.25, -0.2) is 4.98 Å². The van der Waals surface area contributed by atoms with Gasteiger partial charge in [0.2, 0.25) is 11.7 Å². The normalized spacial score (nSPS) is 22.6. The molecule has 3 aromatic rings. The van der Waals surface area contributed by atoms with Crippen LogP contribution in [0.3, 0.4) is 0 Å². The van der Waals surface area contributed by atoms with Crippen LogP contribution in [0.2, 0.25) is 5.02 Å². The van der Waals surface area contributed by atoms with Gasteiger partial charge >= 0.3 is 0 Å². The topological polar surface area (TPSA) is 134 Å². The van der Waals surface area contributed by atoms with Gasteiger partial charge in [0, 0.05) is 66.9 Å². The van der Waals surface area contributed by atoms with Crippen LogP contribution in [0.1, 0.15) is 50.1 Å². The minimum Gasteiger partial charge on any atom is -0.383 e. The Bertz CT molecular complexity index is 1440. The van der Waals surface area contributed by atoms with Crippen molar-refractivity contribution < 1.29 is 19.1 Å². The van der Waals surface area contributed by atoms with Crippen LogP contribution in [-0.4, -0.2) is 89.8 Å². The average Bonchev–Trinajstić information content (AvgIpc) is 3.55. The highest BCUT2D eigenvalue weighted by Crippen LogP contribution is 2.35. The smallest absolute Gasteiger partial charge is 0.280 e. The zero-order chi connectivity index (χ0) is 28.6. The summed E-state index contributed by atoms with van der Waals surface area (Å²) in [5.74, 6) is -1.14. The van der Waals surface area contributed by atoms with Crippen molar-refractivity contribution in [3.05, 3.63) is 50.6 Å². The van der Waals surface area contributed by atoms with Crippen LogP contribution in [0.4, 0.5) is 0 Å². The fourth-order valence-electron chi connectivity index (χ4n) is 5.65. The number of hydrogen-bond acceptors (Lipinski definition) is 8. The van der Waals surface area contributed by atoms with E-state index < -0.39 is 17.5 Å². The molecular formula is C28H36Cl2N6O4S. The first kappa shape index (κ1) is 31.4. The molecule has 0 bridgehead atoms. The number of carbonyl (C=O) groups is 3. The third-order valence-corrected chi connectivity index (χ3v) is 9.39. The first-order valence-corrected chi connectivity index (χ1v) is 14.6. The number of amides is 2. The number of methoxy groups -OCH3 is 1. The maximum atomic E-state index is 14.0. The highest BCUT2D eigenvalue weighted by molar-refractivity contribution is 7.13. The highest BCUT2D eigenvalue weighted by atomic mass is 35.5.